The Morgan fingerprint density at radius 1 is 1.33 bits per heavy atom. The molecule has 1 aliphatic heterocycles. The van der Waals surface area contributed by atoms with Crippen molar-refractivity contribution >= 4 is 5.97 Å². The zero-order valence-corrected chi connectivity index (χ0v) is 11.9. The summed E-state index contributed by atoms with van der Waals surface area (Å²) in [4.78, 5) is 22.7. The number of carbonyl (C=O) groups is 1. The average molecular weight is 260 g/mol. The van der Waals surface area contributed by atoms with Crippen LogP contribution in [0.2, 0.25) is 0 Å². The Hall–Kier alpha value is -0.650. The highest BCUT2D eigenvalue weighted by atomic mass is 17.2. The van der Waals surface area contributed by atoms with Gasteiger partial charge >= 0.3 is 5.97 Å². The summed E-state index contributed by atoms with van der Waals surface area (Å²) >= 11 is 0. The van der Waals surface area contributed by atoms with Crippen LogP contribution in [0.3, 0.4) is 0 Å². The fraction of sp³-hybridized carbons (Fsp3) is 0.923. The summed E-state index contributed by atoms with van der Waals surface area (Å²) in [6, 6.07) is 0. The molecule has 0 unspecified atom stereocenters. The number of esters is 1. The fourth-order valence-electron chi connectivity index (χ4n) is 2.20. The Morgan fingerprint density at radius 2 is 2.00 bits per heavy atom. The molecule has 5 heteroatoms. The normalized spacial score (nSPS) is 36.4. The molecule has 1 rings (SSSR count). The highest BCUT2D eigenvalue weighted by Gasteiger charge is 2.52. The molecule has 106 valence electrons. The molecule has 1 fully saturated rings. The van der Waals surface area contributed by atoms with Gasteiger partial charge in [-0.3, -0.25) is 4.79 Å². The molecule has 5 nitrogen and oxygen atoms in total. The highest BCUT2D eigenvalue weighted by molar-refractivity contribution is 5.73. The van der Waals surface area contributed by atoms with Gasteiger partial charge < -0.3 is 9.47 Å². The van der Waals surface area contributed by atoms with Crippen LogP contribution in [0.1, 0.15) is 46.5 Å². The molecule has 1 aliphatic rings. The predicted octanol–water partition coefficient (Wildman–Crippen LogP) is 2.44. The lowest BCUT2D eigenvalue weighted by Gasteiger charge is -2.44. The molecule has 0 aromatic heterocycles. The number of carbonyl (C=O) groups excluding carboxylic acids is 1. The second-order valence-corrected chi connectivity index (χ2v) is 5.22. The zero-order valence-electron chi connectivity index (χ0n) is 11.9. The van der Waals surface area contributed by atoms with Gasteiger partial charge in [0, 0.05) is 7.11 Å². The van der Waals surface area contributed by atoms with E-state index in [0.717, 1.165) is 19.3 Å². The lowest BCUT2D eigenvalue weighted by Crippen LogP contribution is -2.54. The van der Waals surface area contributed by atoms with E-state index in [0.29, 0.717) is 6.42 Å². The number of unbranched alkanes of at least 4 members (excludes halogenated alkanes) is 1. The van der Waals surface area contributed by atoms with Gasteiger partial charge in [-0.2, -0.15) is 4.89 Å². The van der Waals surface area contributed by atoms with E-state index >= 15 is 0 Å². The van der Waals surface area contributed by atoms with Crippen molar-refractivity contribution in [1.82, 2.24) is 0 Å². The lowest BCUT2D eigenvalue weighted by atomic mass is 9.83. The molecule has 1 saturated heterocycles. The first-order chi connectivity index (χ1) is 8.40. The van der Waals surface area contributed by atoms with Crippen molar-refractivity contribution in [3.05, 3.63) is 0 Å². The van der Waals surface area contributed by atoms with Crippen LogP contribution in [0, 0.1) is 5.92 Å². The molecule has 0 spiro atoms. The maximum Gasteiger partial charge on any atom is 0.314 e. The quantitative estimate of drug-likeness (QED) is 0.561. The van der Waals surface area contributed by atoms with E-state index in [-0.39, 0.29) is 5.97 Å². The van der Waals surface area contributed by atoms with Gasteiger partial charge in [-0.05, 0) is 26.7 Å². The van der Waals surface area contributed by atoms with Crippen LogP contribution in [-0.2, 0) is 24.0 Å². The number of methoxy groups -OCH3 is 2. The summed E-state index contributed by atoms with van der Waals surface area (Å²) in [6.45, 7) is 5.76. The second kappa shape index (κ2) is 5.99. The van der Waals surface area contributed by atoms with Gasteiger partial charge in [0.2, 0.25) is 5.79 Å². The smallest absolute Gasteiger partial charge is 0.314 e. The third kappa shape index (κ3) is 3.22. The Kier molecular flexibility index (Phi) is 5.13. The minimum absolute atomic E-state index is 0.328. The van der Waals surface area contributed by atoms with Gasteiger partial charge in [0.1, 0.15) is 11.5 Å². The summed E-state index contributed by atoms with van der Waals surface area (Å²) in [6.07, 6.45) is 3.47. The number of ether oxygens (including phenoxy) is 2. The van der Waals surface area contributed by atoms with Crippen molar-refractivity contribution in [2.45, 2.75) is 57.8 Å². The fourth-order valence-corrected chi connectivity index (χ4v) is 2.20. The van der Waals surface area contributed by atoms with E-state index in [9.17, 15) is 4.79 Å². The van der Waals surface area contributed by atoms with Crippen molar-refractivity contribution < 1.29 is 24.0 Å². The van der Waals surface area contributed by atoms with Gasteiger partial charge in [0.05, 0.1) is 7.11 Å². The molecule has 0 aromatic carbocycles. The molecule has 0 bridgehead atoms. The molecule has 0 radical (unpaired) electrons. The van der Waals surface area contributed by atoms with E-state index in [1.165, 1.54) is 14.2 Å². The number of hydrogen-bond donors (Lipinski definition) is 0. The van der Waals surface area contributed by atoms with Crippen molar-refractivity contribution in [2.24, 2.45) is 5.92 Å². The van der Waals surface area contributed by atoms with Crippen molar-refractivity contribution in [1.29, 1.82) is 0 Å². The Labute approximate surface area is 109 Å². The first-order valence-corrected chi connectivity index (χ1v) is 6.40. The molecule has 0 amide bonds. The van der Waals surface area contributed by atoms with E-state index in [1.54, 1.807) is 6.92 Å². The van der Waals surface area contributed by atoms with Gasteiger partial charge in [0.15, 0.2) is 0 Å². The summed E-state index contributed by atoms with van der Waals surface area (Å²) in [5.74, 6) is -1.90. The van der Waals surface area contributed by atoms with Crippen LogP contribution in [0.5, 0.6) is 0 Å². The first kappa shape index (κ1) is 15.4. The highest BCUT2D eigenvalue weighted by Crippen LogP contribution is 2.41. The van der Waals surface area contributed by atoms with Crippen molar-refractivity contribution in [2.75, 3.05) is 14.2 Å². The second-order valence-electron chi connectivity index (χ2n) is 5.22. The van der Waals surface area contributed by atoms with Crippen molar-refractivity contribution in [3.63, 3.8) is 0 Å². The van der Waals surface area contributed by atoms with Crippen LogP contribution in [0.15, 0.2) is 0 Å². The summed E-state index contributed by atoms with van der Waals surface area (Å²) in [5.41, 5.74) is -0.465. The van der Waals surface area contributed by atoms with Gasteiger partial charge in [-0.15, -0.1) is 0 Å². The molecule has 3 atom stereocenters. The van der Waals surface area contributed by atoms with Gasteiger partial charge in [-0.25, -0.2) is 4.89 Å². The molecule has 0 aromatic rings. The van der Waals surface area contributed by atoms with E-state index < -0.39 is 17.3 Å². The van der Waals surface area contributed by atoms with E-state index in [1.807, 2.05) is 6.92 Å². The van der Waals surface area contributed by atoms with E-state index in [2.05, 4.69) is 6.92 Å². The summed E-state index contributed by atoms with van der Waals surface area (Å²) < 4.78 is 10.1. The molecule has 1 heterocycles. The SMILES string of the molecule is CCCC[C@]1(C)C[C@H](C(=O)OC)[C@@](C)(OC)OO1. The maximum absolute atomic E-state index is 11.9. The monoisotopic (exact) mass is 260 g/mol. The third-order valence-electron chi connectivity index (χ3n) is 3.63. The Balaban J connectivity index is 2.82. The zero-order chi connectivity index (χ0) is 13.8. The van der Waals surface area contributed by atoms with Crippen LogP contribution >= 0.6 is 0 Å². The first-order valence-electron chi connectivity index (χ1n) is 6.40. The molecular weight excluding hydrogens is 236 g/mol. The van der Waals surface area contributed by atoms with Crippen LogP contribution < -0.4 is 0 Å². The largest absolute Gasteiger partial charge is 0.469 e. The molecule has 0 saturated carbocycles. The summed E-state index contributed by atoms with van der Waals surface area (Å²) in [7, 11) is 2.87. The maximum atomic E-state index is 11.9. The molecule has 0 N–H and O–H groups in total. The number of rotatable bonds is 5. The van der Waals surface area contributed by atoms with E-state index in [4.69, 9.17) is 19.2 Å². The Bertz CT molecular complexity index is 293. The van der Waals surface area contributed by atoms with Crippen LogP contribution in [-0.4, -0.2) is 31.6 Å². The van der Waals surface area contributed by atoms with Crippen molar-refractivity contribution in [3.8, 4) is 0 Å². The lowest BCUT2D eigenvalue weighted by molar-refractivity contribution is -0.493. The minimum atomic E-state index is -1.08. The Morgan fingerprint density at radius 3 is 2.50 bits per heavy atom. The van der Waals surface area contributed by atoms with Crippen LogP contribution in [0.25, 0.3) is 0 Å². The standard InChI is InChI=1S/C13H24O5/c1-6-7-8-12(2)9-10(11(14)15-4)13(3,16-5)18-17-12/h10H,6-9H2,1-5H3/t10-,12-,13+/m1/s1. The average Bonchev–Trinajstić information content (AvgIpc) is 2.39. The van der Waals surface area contributed by atoms with Gasteiger partial charge in [0.25, 0.3) is 0 Å². The minimum Gasteiger partial charge on any atom is -0.469 e. The third-order valence-corrected chi connectivity index (χ3v) is 3.63. The summed E-state index contributed by atoms with van der Waals surface area (Å²) in [5, 5.41) is 0. The molecular formula is C13H24O5. The topological polar surface area (TPSA) is 54.0 Å². The molecule has 0 aliphatic carbocycles. The predicted molar refractivity (Wildman–Crippen MR) is 65.6 cm³/mol. The molecule has 18 heavy (non-hydrogen) atoms. The number of hydrogen-bond acceptors (Lipinski definition) is 5. The van der Waals surface area contributed by atoms with Crippen LogP contribution in [0.4, 0.5) is 0 Å². The van der Waals surface area contributed by atoms with Gasteiger partial charge in [-0.1, -0.05) is 19.8 Å².